The van der Waals surface area contributed by atoms with Crippen LogP contribution in [-0.2, 0) is 14.8 Å². The van der Waals surface area contributed by atoms with Gasteiger partial charge in [0.05, 0.1) is 18.6 Å². The van der Waals surface area contributed by atoms with Crippen LogP contribution in [0.2, 0.25) is 0 Å². The van der Waals surface area contributed by atoms with Crippen LogP contribution >= 0.6 is 0 Å². The van der Waals surface area contributed by atoms with Crippen molar-refractivity contribution >= 4 is 15.9 Å². The second-order valence-electron chi connectivity index (χ2n) is 6.55. The van der Waals surface area contributed by atoms with Gasteiger partial charge < -0.3 is 10.1 Å². The van der Waals surface area contributed by atoms with Crippen LogP contribution in [0.25, 0.3) is 0 Å². The Balaban J connectivity index is 1.94. The van der Waals surface area contributed by atoms with E-state index in [4.69, 9.17) is 4.74 Å². The number of hydrogen-bond acceptors (Lipinski definition) is 4. The number of nitrogens with one attached hydrogen (secondary N) is 1. The molecule has 1 aromatic rings. The summed E-state index contributed by atoms with van der Waals surface area (Å²) in [6.07, 6.45) is 7.86. The molecule has 0 radical (unpaired) electrons. The highest BCUT2D eigenvalue weighted by Crippen LogP contribution is 2.19. The van der Waals surface area contributed by atoms with Crippen LogP contribution in [0.4, 0.5) is 0 Å². The van der Waals surface area contributed by atoms with Crippen molar-refractivity contribution in [2.75, 3.05) is 20.7 Å². The Kier molecular flexibility index (Phi) is 7.25. The van der Waals surface area contributed by atoms with Crippen LogP contribution in [0.15, 0.2) is 29.2 Å². The maximum Gasteiger partial charge on any atom is 0.243 e. The number of carbonyl (C=O) groups excluding carboxylic acids is 1. The number of benzene rings is 1. The molecule has 0 unspecified atom stereocenters. The van der Waals surface area contributed by atoms with E-state index in [2.05, 4.69) is 5.32 Å². The summed E-state index contributed by atoms with van der Waals surface area (Å²) in [6.45, 7) is -0.176. The van der Waals surface area contributed by atoms with Gasteiger partial charge >= 0.3 is 0 Å². The van der Waals surface area contributed by atoms with Crippen molar-refractivity contribution in [2.24, 2.45) is 0 Å². The molecular formula is C18H28N2O4S. The fourth-order valence-corrected chi connectivity index (χ4v) is 4.22. The van der Waals surface area contributed by atoms with E-state index < -0.39 is 10.0 Å². The van der Waals surface area contributed by atoms with Gasteiger partial charge in [0.1, 0.15) is 5.75 Å². The predicted molar refractivity (Wildman–Crippen MR) is 97.1 cm³/mol. The quantitative estimate of drug-likeness (QED) is 0.837. The van der Waals surface area contributed by atoms with Gasteiger partial charge in [0.25, 0.3) is 0 Å². The van der Waals surface area contributed by atoms with Crippen LogP contribution in [0.1, 0.15) is 44.9 Å². The minimum atomic E-state index is -3.70. The highest BCUT2D eigenvalue weighted by Gasteiger charge is 2.24. The first-order valence-electron chi connectivity index (χ1n) is 8.83. The fraction of sp³-hybridized carbons (Fsp3) is 0.611. The number of hydrogen-bond donors (Lipinski definition) is 1. The van der Waals surface area contributed by atoms with E-state index in [9.17, 15) is 13.2 Å². The number of nitrogens with zero attached hydrogens (tertiary/aromatic N) is 1. The smallest absolute Gasteiger partial charge is 0.243 e. The summed E-state index contributed by atoms with van der Waals surface area (Å²) in [5.41, 5.74) is 0. The number of sulfonamides is 1. The van der Waals surface area contributed by atoms with Gasteiger partial charge in [-0.2, -0.15) is 4.31 Å². The van der Waals surface area contributed by atoms with Crippen molar-refractivity contribution in [3.05, 3.63) is 24.3 Å². The Morgan fingerprint density at radius 3 is 2.24 bits per heavy atom. The third kappa shape index (κ3) is 5.71. The molecule has 0 spiro atoms. The Labute approximate surface area is 150 Å². The van der Waals surface area contributed by atoms with Crippen LogP contribution in [0, 0.1) is 0 Å². The fourth-order valence-electron chi connectivity index (χ4n) is 3.09. The molecule has 0 bridgehead atoms. The molecule has 1 aliphatic rings. The van der Waals surface area contributed by atoms with Gasteiger partial charge in [-0.3, -0.25) is 4.79 Å². The second kappa shape index (κ2) is 9.20. The first-order chi connectivity index (χ1) is 11.9. The van der Waals surface area contributed by atoms with Gasteiger partial charge in [0.15, 0.2) is 0 Å². The highest BCUT2D eigenvalue weighted by atomic mass is 32.2. The van der Waals surface area contributed by atoms with E-state index in [0.717, 1.165) is 30.0 Å². The molecule has 1 aromatic carbocycles. The van der Waals surface area contributed by atoms with E-state index >= 15 is 0 Å². The SMILES string of the molecule is COc1ccc(S(=O)(=O)N(C)CC(=O)NC2CCCCCCC2)cc1. The minimum absolute atomic E-state index is 0.148. The summed E-state index contributed by atoms with van der Waals surface area (Å²) >= 11 is 0. The molecule has 0 aliphatic heterocycles. The van der Waals surface area contributed by atoms with Crippen molar-refractivity contribution < 1.29 is 17.9 Å². The van der Waals surface area contributed by atoms with Gasteiger partial charge in [0.2, 0.25) is 15.9 Å². The van der Waals surface area contributed by atoms with Gasteiger partial charge in [-0.15, -0.1) is 0 Å². The Bertz CT molecular complexity index is 650. The Hall–Kier alpha value is -1.60. The van der Waals surface area contributed by atoms with E-state index in [1.54, 1.807) is 12.1 Å². The summed E-state index contributed by atoms with van der Waals surface area (Å²) in [5.74, 6) is 0.341. The molecule has 140 valence electrons. The number of ether oxygens (including phenoxy) is 1. The van der Waals surface area contributed by atoms with E-state index in [-0.39, 0.29) is 23.4 Å². The normalized spacial score (nSPS) is 16.9. The van der Waals surface area contributed by atoms with Gasteiger partial charge in [0, 0.05) is 13.1 Å². The molecule has 1 saturated carbocycles. The van der Waals surface area contributed by atoms with E-state index in [0.29, 0.717) is 5.75 Å². The molecule has 1 fully saturated rings. The Morgan fingerprint density at radius 1 is 1.12 bits per heavy atom. The zero-order valence-corrected chi connectivity index (χ0v) is 15.8. The molecule has 0 heterocycles. The predicted octanol–water partition coefficient (Wildman–Crippen LogP) is 2.54. The van der Waals surface area contributed by atoms with Crippen LogP contribution in [0.3, 0.4) is 0 Å². The van der Waals surface area contributed by atoms with Crippen LogP contribution in [0.5, 0.6) is 5.75 Å². The lowest BCUT2D eigenvalue weighted by Crippen LogP contribution is -2.42. The van der Waals surface area contributed by atoms with E-state index in [1.807, 2.05) is 0 Å². The zero-order valence-electron chi connectivity index (χ0n) is 15.0. The molecule has 2 rings (SSSR count). The molecule has 0 saturated heterocycles. The third-order valence-corrected chi connectivity index (χ3v) is 6.42. The van der Waals surface area contributed by atoms with Gasteiger partial charge in [-0.1, -0.05) is 32.1 Å². The molecule has 1 N–H and O–H groups in total. The number of rotatable bonds is 6. The molecule has 25 heavy (non-hydrogen) atoms. The average molecular weight is 368 g/mol. The molecule has 0 atom stereocenters. The van der Waals surface area contributed by atoms with Gasteiger partial charge in [-0.05, 0) is 37.1 Å². The highest BCUT2D eigenvalue weighted by molar-refractivity contribution is 7.89. The minimum Gasteiger partial charge on any atom is -0.497 e. The number of likely N-dealkylation sites (N-methyl/N-ethyl adjacent to an activating group) is 1. The maximum atomic E-state index is 12.6. The first-order valence-corrected chi connectivity index (χ1v) is 10.3. The molecule has 6 nitrogen and oxygen atoms in total. The first kappa shape index (κ1) is 19.7. The van der Waals surface area contributed by atoms with Crippen molar-refractivity contribution in [3.8, 4) is 5.75 Å². The van der Waals surface area contributed by atoms with Gasteiger partial charge in [-0.25, -0.2) is 8.42 Å². The summed E-state index contributed by atoms with van der Waals surface area (Å²) < 4.78 is 31.3. The zero-order chi connectivity index (χ0) is 18.3. The standard InChI is InChI=1S/C18H28N2O4S/c1-20(25(22,23)17-12-10-16(24-2)11-13-17)14-18(21)19-15-8-6-4-3-5-7-9-15/h10-13,15H,3-9,14H2,1-2H3,(H,19,21). The summed E-state index contributed by atoms with van der Waals surface area (Å²) in [6, 6.07) is 6.31. The molecule has 1 aliphatic carbocycles. The maximum absolute atomic E-state index is 12.6. The summed E-state index contributed by atoms with van der Waals surface area (Å²) in [5, 5.41) is 2.99. The lowest BCUT2D eigenvalue weighted by molar-refractivity contribution is -0.121. The van der Waals surface area contributed by atoms with Crippen LogP contribution < -0.4 is 10.1 Å². The Morgan fingerprint density at radius 2 is 1.68 bits per heavy atom. The van der Waals surface area contributed by atoms with Crippen molar-refractivity contribution in [3.63, 3.8) is 0 Å². The number of methoxy groups -OCH3 is 1. The van der Waals surface area contributed by atoms with Crippen molar-refractivity contribution in [2.45, 2.75) is 55.9 Å². The number of carbonyl (C=O) groups is 1. The lowest BCUT2D eigenvalue weighted by Gasteiger charge is -2.23. The van der Waals surface area contributed by atoms with Crippen LogP contribution in [-0.4, -0.2) is 45.4 Å². The molecular weight excluding hydrogens is 340 g/mol. The third-order valence-electron chi connectivity index (χ3n) is 4.60. The van der Waals surface area contributed by atoms with E-state index in [1.165, 1.54) is 45.6 Å². The topological polar surface area (TPSA) is 75.7 Å². The van der Waals surface area contributed by atoms with Crippen molar-refractivity contribution in [1.82, 2.24) is 9.62 Å². The average Bonchev–Trinajstić information content (AvgIpc) is 2.57. The second-order valence-corrected chi connectivity index (χ2v) is 8.59. The molecule has 0 aromatic heterocycles. The largest absolute Gasteiger partial charge is 0.497 e. The summed E-state index contributed by atoms with van der Waals surface area (Å²) in [7, 11) is -0.745. The molecule has 1 amide bonds. The monoisotopic (exact) mass is 368 g/mol. The summed E-state index contributed by atoms with van der Waals surface area (Å²) in [4.78, 5) is 12.4. The molecule has 7 heteroatoms. The number of amides is 1. The van der Waals surface area contributed by atoms with Crippen molar-refractivity contribution in [1.29, 1.82) is 0 Å². The lowest BCUT2D eigenvalue weighted by atomic mass is 9.97.